The fourth-order valence-corrected chi connectivity index (χ4v) is 4.62. The number of carbonyl (C=O) groups excluding carboxylic acids is 2. The van der Waals surface area contributed by atoms with E-state index >= 15 is 0 Å². The molecule has 3 nitrogen and oxygen atoms in total. The molecule has 1 unspecified atom stereocenters. The monoisotopic (exact) mass is 357 g/mol. The van der Waals surface area contributed by atoms with Crippen LogP contribution in [0.1, 0.15) is 58.4 Å². The second-order valence-corrected chi connectivity index (χ2v) is 8.59. The van der Waals surface area contributed by atoms with Gasteiger partial charge in [-0.25, -0.2) is 0 Å². The predicted octanol–water partition coefficient (Wildman–Crippen LogP) is 4.43. The number of Topliss-reactive ketones (excluding diaryl/α,β-unsaturated/α-hetero) is 2. The minimum Gasteiger partial charge on any atom is -0.324 e. The zero-order chi connectivity index (χ0) is 19.1. The standard InChI is InChI=1S/C23H35NO2/c1-16(2)22-10-9-17(3)11-19(22)14-23(26)20(13-21(25)15-24)12-18-7-5-4-6-8-18/h4-8,16-17,19-20,22H,9-15,24H2,1-3H3/t17-,19+,20?,22+/m1/s1. The Balaban J connectivity index is 2.09. The van der Waals surface area contributed by atoms with Crippen molar-refractivity contribution in [1.82, 2.24) is 0 Å². The zero-order valence-corrected chi connectivity index (χ0v) is 16.6. The van der Waals surface area contributed by atoms with Crippen molar-refractivity contribution in [3.05, 3.63) is 35.9 Å². The van der Waals surface area contributed by atoms with Crippen LogP contribution in [0.5, 0.6) is 0 Å². The summed E-state index contributed by atoms with van der Waals surface area (Å²) in [4.78, 5) is 25.1. The van der Waals surface area contributed by atoms with Gasteiger partial charge in [0, 0.05) is 18.8 Å². The Kier molecular flexibility index (Phi) is 8.02. The Bertz CT molecular complexity index is 581. The third-order valence-electron chi connectivity index (χ3n) is 6.11. The highest BCUT2D eigenvalue weighted by Crippen LogP contribution is 2.40. The van der Waals surface area contributed by atoms with Crippen LogP contribution < -0.4 is 5.73 Å². The molecule has 0 bridgehead atoms. The van der Waals surface area contributed by atoms with Gasteiger partial charge in [0.2, 0.25) is 0 Å². The van der Waals surface area contributed by atoms with Gasteiger partial charge in [0.05, 0.1) is 6.54 Å². The quantitative estimate of drug-likeness (QED) is 0.711. The molecule has 3 heteroatoms. The van der Waals surface area contributed by atoms with Crippen molar-refractivity contribution in [2.75, 3.05) is 6.54 Å². The molecular formula is C23H35NO2. The van der Waals surface area contributed by atoms with Crippen molar-refractivity contribution in [2.45, 2.75) is 59.3 Å². The van der Waals surface area contributed by atoms with Gasteiger partial charge in [-0.1, -0.05) is 57.5 Å². The summed E-state index contributed by atoms with van der Waals surface area (Å²) in [7, 11) is 0. The molecular weight excluding hydrogens is 322 g/mol. The summed E-state index contributed by atoms with van der Waals surface area (Å²) in [5, 5.41) is 0. The summed E-state index contributed by atoms with van der Waals surface area (Å²) in [5.41, 5.74) is 6.64. The van der Waals surface area contributed by atoms with E-state index in [1.165, 1.54) is 12.8 Å². The first-order valence-electron chi connectivity index (χ1n) is 10.2. The van der Waals surface area contributed by atoms with E-state index in [9.17, 15) is 9.59 Å². The molecule has 1 aromatic carbocycles. The lowest BCUT2D eigenvalue weighted by molar-refractivity contribution is -0.128. The van der Waals surface area contributed by atoms with Gasteiger partial charge >= 0.3 is 0 Å². The van der Waals surface area contributed by atoms with Crippen LogP contribution in [0, 0.1) is 29.6 Å². The molecule has 1 fully saturated rings. The Hall–Kier alpha value is -1.48. The number of hydrogen-bond donors (Lipinski definition) is 1. The summed E-state index contributed by atoms with van der Waals surface area (Å²) in [6, 6.07) is 10.0. The fraction of sp³-hybridized carbons (Fsp3) is 0.652. The van der Waals surface area contributed by atoms with E-state index < -0.39 is 0 Å². The van der Waals surface area contributed by atoms with Gasteiger partial charge in [0.25, 0.3) is 0 Å². The number of carbonyl (C=O) groups is 2. The average molecular weight is 358 g/mol. The number of hydrogen-bond acceptors (Lipinski definition) is 3. The van der Waals surface area contributed by atoms with E-state index in [0.29, 0.717) is 36.5 Å². The maximum absolute atomic E-state index is 13.1. The van der Waals surface area contributed by atoms with Crippen molar-refractivity contribution in [1.29, 1.82) is 0 Å². The van der Waals surface area contributed by atoms with Gasteiger partial charge in [0.1, 0.15) is 11.6 Å². The molecule has 1 aliphatic carbocycles. The van der Waals surface area contributed by atoms with Crippen LogP contribution in [0.15, 0.2) is 30.3 Å². The predicted molar refractivity (Wildman–Crippen MR) is 107 cm³/mol. The number of ketones is 2. The SMILES string of the molecule is CC(C)[C@@H]1CC[C@@H](C)C[C@H]1CC(=O)C(CC(=O)CN)Cc1ccccc1. The molecule has 0 spiro atoms. The van der Waals surface area contributed by atoms with E-state index in [2.05, 4.69) is 20.8 Å². The van der Waals surface area contributed by atoms with Crippen LogP contribution in [-0.2, 0) is 16.0 Å². The first-order valence-corrected chi connectivity index (χ1v) is 10.2. The molecule has 0 aliphatic heterocycles. The molecule has 0 aromatic heterocycles. The molecule has 0 amide bonds. The minimum absolute atomic E-state index is 0.0169. The summed E-state index contributed by atoms with van der Waals surface area (Å²) >= 11 is 0. The number of nitrogens with two attached hydrogens (primary N) is 1. The Morgan fingerprint density at radius 2 is 1.85 bits per heavy atom. The maximum atomic E-state index is 13.1. The second-order valence-electron chi connectivity index (χ2n) is 8.59. The molecule has 1 aromatic rings. The van der Waals surface area contributed by atoms with Crippen molar-refractivity contribution in [3.8, 4) is 0 Å². The summed E-state index contributed by atoms with van der Waals surface area (Å²) in [6.07, 6.45) is 5.16. The van der Waals surface area contributed by atoms with E-state index in [4.69, 9.17) is 5.73 Å². The molecule has 1 aliphatic rings. The number of rotatable bonds is 9. The topological polar surface area (TPSA) is 60.2 Å². The first-order chi connectivity index (χ1) is 12.4. The van der Waals surface area contributed by atoms with Crippen molar-refractivity contribution < 1.29 is 9.59 Å². The van der Waals surface area contributed by atoms with Crippen molar-refractivity contribution in [2.24, 2.45) is 35.3 Å². The molecule has 2 N–H and O–H groups in total. The van der Waals surface area contributed by atoms with Crippen LogP contribution >= 0.6 is 0 Å². The Morgan fingerprint density at radius 3 is 2.46 bits per heavy atom. The van der Waals surface area contributed by atoms with Gasteiger partial charge < -0.3 is 5.73 Å². The van der Waals surface area contributed by atoms with Gasteiger partial charge in [0.15, 0.2) is 0 Å². The van der Waals surface area contributed by atoms with Crippen molar-refractivity contribution in [3.63, 3.8) is 0 Å². The number of benzene rings is 1. The molecule has 4 atom stereocenters. The molecule has 144 valence electrons. The minimum atomic E-state index is -0.238. The fourth-order valence-electron chi connectivity index (χ4n) is 4.62. The zero-order valence-electron chi connectivity index (χ0n) is 16.6. The average Bonchev–Trinajstić information content (AvgIpc) is 2.61. The maximum Gasteiger partial charge on any atom is 0.147 e. The van der Waals surface area contributed by atoms with Crippen LogP contribution in [0.3, 0.4) is 0 Å². The van der Waals surface area contributed by atoms with Gasteiger partial charge in [-0.15, -0.1) is 0 Å². The van der Waals surface area contributed by atoms with Crippen LogP contribution in [0.25, 0.3) is 0 Å². The third kappa shape index (κ3) is 6.05. The first kappa shape index (κ1) is 20.8. The summed E-state index contributed by atoms with van der Waals surface area (Å²) in [5.74, 6) is 2.38. The lowest BCUT2D eigenvalue weighted by Gasteiger charge is -2.37. The highest BCUT2D eigenvalue weighted by molar-refractivity contribution is 5.89. The van der Waals surface area contributed by atoms with E-state index in [-0.39, 0.29) is 30.4 Å². The highest BCUT2D eigenvalue weighted by Gasteiger charge is 2.34. The lowest BCUT2D eigenvalue weighted by atomic mass is 9.67. The molecule has 0 saturated heterocycles. The van der Waals surface area contributed by atoms with Gasteiger partial charge in [-0.2, -0.15) is 0 Å². The van der Waals surface area contributed by atoms with Crippen LogP contribution in [-0.4, -0.2) is 18.1 Å². The summed E-state index contributed by atoms with van der Waals surface area (Å²) < 4.78 is 0. The van der Waals surface area contributed by atoms with Gasteiger partial charge in [-0.3, -0.25) is 9.59 Å². The van der Waals surface area contributed by atoms with E-state index in [1.54, 1.807) is 0 Å². The molecule has 2 rings (SSSR count). The highest BCUT2D eigenvalue weighted by atomic mass is 16.1. The van der Waals surface area contributed by atoms with E-state index in [0.717, 1.165) is 12.0 Å². The van der Waals surface area contributed by atoms with Gasteiger partial charge in [-0.05, 0) is 48.5 Å². The lowest BCUT2D eigenvalue weighted by Crippen LogP contribution is -2.32. The Labute approximate surface area is 158 Å². The van der Waals surface area contributed by atoms with Crippen molar-refractivity contribution >= 4 is 11.6 Å². The molecule has 0 radical (unpaired) electrons. The van der Waals surface area contributed by atoms with Crippen LogP contribution in [0.4, 0.5) is 0 Å². The summed E-state index contributed by atoms with van der Waals surface area (Å²) in [6.45, 7) is 6.87. The second kappa shape index (κ2) is 10.0. The third-order valence-corrected chi connectivity index (χ3v) is 6.11. The largest absolute Gasteiger partial charge is 0.324 e. The smallest absolute Gasteiger partial charge is 0.147 e. The molecule has 26 heavy (non-hydrogen) atoms. The normalized spacial score (nSPS) is 24.4. The molecule has 0 heterocycles. The van der Waals surface area contributed by atoms with E-state index in [1.807, 2.05) is 30.3 Å². The molecule has 1 saturated carbocycles. The Morgan fingerprint density at radius 1 is 1.15 bits per heavy atom. The van der Waals surface area contributed by atoms with Crippen LogP contribution in [0.2, 0.25) is 0 Å².